The molecular formula is C23H27F4N7O2. The van der Waals surface area contributed by atoms with Gasteiger partial charge in [-0.2, -0.15) is 13.2 Å². The maximum atomic E-state index is 14.8. The summed E-state index contributed by atoms with van der Waals surface area (Å²) < 4.78 is 58.2. The van der Waals surface area contributed by atoms with Crippen LogP contribution in [0.2, 0.25) is 0 Å². The number of alkyl halides is 3. The van der Waals surface area contributed by atoms with Gasteiger partial charge in [-0.25, -0.2) is 9.18 Å². The molecule has 3 N–H and O–H groups in total. The molecule has 3 aliphatic heterocycles. The van der Waals surface area contributed by atoms with Gasteiger partial charge in [0, 0.05) is 43.8 Å². The van der Waals surface area contributed by atoms with E-state index in [1.807, 2.05) is 13.8 Å². The Kier molecular flexibility index (Phi) is 5.85. The van der Waals surface area contributed by atoms with Gasteiger partial charge in [0.25, 0.3) is 0 Å². The molecule has 3 aliphatic rings. The Labute approximate surface area is 205 Å². The Balaban J connectivity index is 1.51. The van der Waals surface area contributed by atoms with E-state index in [1.165, 1.54) is 28.0 Å². The zero-order valence-electron chi connectivity index (χ0n) is 19.8. The number of hydrogen-bond acceptors (Lipinski definition) is 7. The Hall–Kier alpha value is -3.35. The first-order valence-corrected chi connectivity index (χ1v) is 11.8. The molecule has 2 amide bonds. The van der Waals surface area contributed by atoms with E-state index in [4.69, 9.17) is 0 Å². The van der Waals surface area contributed by atoms with E-state index < -0.39 is 42.4 Å². The van der Waals surface area contributed by atoms with Gasteiger partial charge in [0.05, 0.1) is 24.5 Å². The number of aromatic nitrogens is 2. The van der Waals surface area contributed by atoms with E-state index in [0.717, 1.165) is 6.07 Å². The molecule has 0 radical (unpaired) electrons. The highest BCUT2D eigenvalue weighted by Gasteiger charge is 2.63. The highest BCUT2D eigenvalue weighted by Crippen LogP contribution is 2.47. The van der Waals surface area contributed by atoms with E-state index >= 15 is 0 Å². The number of carbonyl (C=O) groups excluding carboxylic acids is 1. The molecule has 13 heteroatoms. The van der Waals surface area contributed by atoms with Crippen molar-refractivity contribution in [3.63, 3.8) is 0 Å². The summed E-state index contributed by atoms with van der Waals surface area (Å²) in [6.45, 7) is 3.81. The van der Waals surface area contributed by atoms with Crippen molar-refractivity contribution in [1.82, 2.24) is 25.3 Å². The second kappa shape index (κ2) is 8.64. The summed E-state index contributed by atoms with van der Waals surface area (Å²) in [5, 5.41) is 24.1. The van der Waals surface area contributed by atoms with Crippen LogP contribution in [0.15, 0.2) is 24.3 Å². The number of phenolic OH excluding ortho intramolecular Hbond substituents is 1. The zero-order chi connectivity index (χ0) is 25.8. The first-order valence-electron chi connectivity index (χ1n) is 11.8. The third-order valence-electron chi connectivity index (χ3n) is 7.29. The third-order valence-corrected chi connectivity index (χ3v) is 7.29. The quantitative estimate of drug-likeness (QED) is 0.509. The topological polar surface area (TPSA) is 96.9 Å². The van der Waals surface area contributed by atoms with Crippen molar-refractivity contribution < 1.29 is 27.5 Å². The number of para-hydroxylation sites is 1. The molecule has 194 valence electrons. The van der Waals surface area contributed by atoms with E-state index in [1.54, 1.807) is 4.90 Å². The number of halogens is 4. The number of carbonyl (C=O) groups is 1. The minimum absolute atomic E-state index is 0.0176. The van der Waals surface area contributed by atoms with Crippen molar-refractivity contribution in [3.05, 3.63) is 30.1 Å². The molecule has 36 heavy (non-hydrogen) atoms. The summed E-state index contributed by atoms with van der Waals surface area (Å²) in [5.41, 5.74) is -2.22. The monoisotopic (exact) mass is 509 g/mol. The molecule has 4 heterocycles. The Morgan fingerprint density at radius 2 is 1.89 bits per heavy atom. The van der Waals surface area contributed by atoms with Crippen LogP contribution in [0.4, 0.5) is 33.9 Å². The fourth-order valence-electron chi connectivity index (χ4n) is 5.39. The van der Waals surface area contributed by atoms with Gasteiger partial charge in [-0.15, -0.1) is 10.2 Å². The van der Waals surface area contributed by atoms with Gasteiger partial charge in [-0.1, -0.05) is 6.07 Å². The van der Waals surface area contributed by atoms with Crippen molar-refractivity contribution in [2.24, 2.45) is 0 Å². The smallest absolute Gasteiger partial charge is 0.415 e. The first-order chi connectivity index (χ1) is 17.0. The number of benzene rings is 1. The van der Waals surface area contributed by atoms with Gasteiger partial charge < -0.3 is 30.4 Å². The van der Waals surface area contributed by atoms with E-state index in [2.05, 4.69) is 20.8 Å². The molecule has 2 fully saturated rings. The number of fused-ring (bicyclic) bond motifs is 3. The molecule has 0 aliphatic carbocycles. The van der Waals surface area contributed by atoms with Crippen molar-refractivity contribution in [2.75, 3.05) is 49.5 Å². The number of anilines is 2. The Morgan fingerprint density at radius 1 is 1.17 bits per heavy atom. The van der Waals surface area contributed by atoms with Gasteiger partial charge >= 0.3 is 12.2 Å². The lowest BCUT2D eigenvalue weighted by Gasteiger charge is -2.55. The number of piperazine rings is 2. The number of hydrogen-bond donors (Lipinski definition) is 3. The summed E-state index contributed by atoms with van der Waals surface area (Å²) >= 11 is 0. The predicted octanol–water partition coefficient (Wildman–Crippen LogP) is 2.64. The largest absolute Gasteiger partial charge is 0.504 e. The van der Waals surface area contributed by atoms with Gasteiger partial charge in [0.2, 0.25) is 0 Å². The molecular weight excluding hydrogens is 482 g/mol. The van der Waals surface area contributed by atoms with Crippen molar-refractivity contribution in [2.45, 2.75) is 37.6 Å². The maximum Gasteiger partial charge on any atom is 0.415 e. The molecule has 1 unspecified atom stereocenters. The second-order valence-corrected chi connectivity index (χ2v) is 9.60. The van der Waals surface area contributed by atoms with Crippen LogP contribution in [0.3, 0.4) is 0 Å². The van der Waals surface area contributed by atoms with Crippen LogP contribution < -0.4 is 15.5 Å². The number of nitrogens with one attached hydrogen (secondary N) is 2. The number of nitrogens with zero attached hydrogens (tertiary/aromatic N) is 5. The van der Waals surface area contributed by atoms with Crippen LogP contribution in [0.25, 0.3) is 11.3 Å². The average molecular weight is 510 g/mol. The third kappa shape index (κ3) is 3.76. The lowest BCUT2D eigenvalue weighted by Crippen LogP contribution is -2.75. The molecule has 0 bridgehead atoms. The lowest BCUT2D eigenvalue weighted by atomic mass is 9.89. The number of phenols is 1. The van der Waals surface area contributed by atoms with E-state index in [0.29, 0.717) is 13.1 Å². The molecule has 1 aromatic heterocycles. The molecule has 9 nitrogen and oxygen atoms in total. The fraction of sp³-hybridized carbons (Fsp3) is 0.522. The predicted molar refractivity (Wildman–Crippen MR) is 124 cm³/mol. The molecule has 1 aromatic carbocycles. The zero-order valence-corrected chi connectivity index (χ0v) is 19.8. The Bertz CT molecular complexity index is 1170. The maximum absolute atomic E-state index is 14.8. The van der Waals surface area contributed by atoms with Gasteiger partial charge in [0.1, 0.15) is 0 Å². The number of urea groups is 1. The van der Waals surface area contributed by atoms with Crippen molar-refractivity contribution >= 4 is 17.5 Å². The van der Waals surface area contributed by atoms with Gasteiger partial charge in [-0.3, -0.25) is 0 Å². The number of rotatable bonds is 1. The standard InChI is InChI=1S/C23H27F4N7O2/c1-13-9-28-10-14(2)34(13)21(36)32-6-7-33-18-8-17(15-4-3-5-16(24)19(15)35)30-31-20(18)29-11-22(33,12-32)23(25,26)27/h3-5,8,13-14,28,35H,6-7,9-12H2,1-2H3,(H,29,31)/t13-,14+,22?. The SMILES string of the molecule is C[C@@H]1CNC[C@H](C)N1C(=O)N1CCN2c3cc(-c4cccc(F)c4O)nnc3NCC2(C(F)(F)F)C1. The second-order valence-electron chi connectivity index (χ2n) is 9.60. The first kappa shape index (κ1) is 24.3. The van der Waals surface area contributed by atoms with Crippen molar-refractivity contribution in [3.8, 4) is 17.0 Å². The average Bonchev–Trinajstić information content (AvgIpc) is 2.84. The van der Waals surface area contributed by atoms with Crippen LogP contribution in [0.5, 0.6) is 5.75 Å². The highest BCUT2D eigenvalue weighted by atomic mass is 19.4. The molecule has 0 saturated carbocycles. The molecule has 2 aromatic rings. The van der Waals surface area contributed by atoms with Crippen LogP contribution in [0.1, 0.15) is 13.8 Å². The van der Waals surface area contributed by atoms with E-state index in [-0.39, 0.29) is 47.9 Å². The fourth-order valence-corrected chi connectivity index (χ4v) is 5.39. The molecule has 5 rings (SSSR count). The normalized spacial score (nSPS) is 26.2. The van der Waals surface area contributed by atoms with Gasteiger partial charge in [-0.05, 0) is 32.0 Å². The van der Waals surface area contributed by atoms with Gasteiger partial charge in [0.15, 0.2) is 22.9 Å². The van der Waals surface area contributed by atoms with Crippen LogP contribution in [-0.2, 0) is 0 Å². The van der Waals surface area contributed by atoms with E-state index in [9.17, 15) is 27.5 Å². The Morgan fingerprint density at radius 3 is 2.58 bits per heavy atom. The lowest BCUT2D eigenvalue weighted by molar-refractivity contribution is -0.191. The summed E-state index contributed by atoms with van der Waals surface area (Å²) in [6.07, 6.45) is -4.69. The summed E-state index contributed by atoms with van der Waals surface area (Å²) in [5.74, 6) is -1.38. The summed E-state index contributed by atoms with van der Waals surface area (Å²) in [6, 6.07) is 4.49. The summed E-state index contributed by atoms with van der Waals surface area (Å²) in [7, 11) is 0. The van der Waals surface area contributed by atoms with Crippen LogP contribution in [0, 0.1) is 5.82 Å². The molecule has 0 spiro atoms. The number of aromatic hydroxyl groups is 1. The van der Waals surface area contributed by atoms with Crippen molar-refractivity contribution in [1.29, 1.82) is 0 Å². The highest BCUT2D eigenvalue weighted by molar-refractivity contribution is 5.80. The minimum atomic E-state index is -4.69. The minimum Gasteiger partial charge on any atom is -0.504 e. The number of amides is 2. The summed E-state index contributed by atoms with van der Waals surface area (Å²) in [4.78, 5) is 17.5. The molecule has 3 atom stereocenters. The van der Waals surface area contributed by atoms with Crippen LogP contribution >= 0.6 is 0 Å². The van der Waals surface area contributed by atoms with Crippen LogP contribution in [-0.4, -0.2) is 94.2 Å². The molecule has 2 saturated heterocycles.